The van der Waals surface area contributed by atoms with Gasteiger partial charge in [-0.3, -0.25) is 0 Å². The van der Waals surface area contributed by atoms with Crippen LogP contribution in [0.15, 0.2) is 22.7 Å². The summed E-state index contributed by atoms with van der Waals surface area (Å²) in [5.74, 6) is -0.732. The number of nitrogens with zero attached hydrogens (tertiary/aromatic N) is 1. The van der Waals surface area contributed by atoms with Crippen LogP contribution in [0.3, 0.4) is 0 Å². The largest absolute Gasteiger partial charge is 0.507 e. The number of phenols is 1. The molecular formula is C13H11NO4. The van der Waals surface area contributed by atoms with Gasteiger partial charge >= 0.3 is 5.97 Å². The van der Waals surface area contributed by atoms with Crippen molar-refractivity contribution in [2.24, 2.45) is 0 Å². The first kappa shape index (κ1) is 10.8. The van der Waals surface area contributed by atoms with Crippen molar-refractivity contribution < 1.29 is 19.5 Å². The van der Waals surface area contributed by atoms with Crippen molar-refractivity contribution in [3.63, 3.8) is 0 Å². The molecule has 1 heterocycles. The van der Waals surface area contributed by atoms with E-state index in [-0.39, 0.29) is 11.4 Å². The van der Waals surface area contributed by atoms with E-state index in [9.17, 15) is 9.90 Å². The molecule has 0 saturated heterocycles. The monoisotopic (exact) mass is 245 g/mol. The van der Waals surface area contributed by atoms with Crippen LogP contribution < -0.4 is 0 Å². The number of aromatic nitrogens is 1. The van der Waals surface area contributed by atoms with E-state index in [0.717, 1.165) is 24.8 Å². The number of aromatic hydroxyl groups is 1. The van der Waals surface area contributed by atoms with Crippen molar-refractivity contribution in [1.29, 1.82) is 0 Å². The van der Waals surface area contributed by atoms with E-state index in [1.165, 1.54) is 11.6 Å². The van der Waals surface area contributed by atoms with E-state index in [0.29, 0.717) is 11.3 Å². The second-order valence-corrected chi connectivity index (χ2v) is 4.33. The molecule has 2 aromatic rings. The third kappa shape index (κ3) is 1.55. The van der Waals surface area contributed by atoms with Gasteiger partial charge in [-0.25, -0.2) is 4.79 Å². The summed E-state index contributed by atoms with van der Waals surface area (Å²) >= 11 is 0. The highest BCUT2D eigenvalue weighted by atomic mass is 16.5. The second kappa shape index (κ2) is 3.87. The summed E-state index contributed by atoms with van der Waals surface area (Å²) in [6, 6.07) is 4.86. The number of aromatic carboxylic acids is 1. The van der Waals surface area contributed by atoms with Crippen LogP contribution in [-0.2, 0) is 12.8 Å². The maximum Gasteiger partial charge on any atom is 0.358 e. The van der Waals surface area contributed by atoms with Crippen molar-refractivity contribution >= 4 is 5.97 Å². The molecule has 0 spiro atoms. The van der Waals surface area contributed by atoms with Gasteiger partial charge in [-0.15, -0.1) is 0 Å². The summed E-state index contributed by atoms with van der Waals surface area (Å²) in [6.45, 7) is 0. The highest BCUT2D eigenvalue weighted by molar-refractivity contribution is 5.87. The standard InChI is InChI=1S/C13H11NO4/c15-10-5-4-7-2-1-3-8(7)12(10)11-6-9(13(16)17)14-18-11/h4-6,15H,1-3H2,(H,16,17). The van der Waals surface area contributed by atoms with Crippen LogP contribution >= 0.6 is 0 Å². The Kier molecular flexibility index (Phi) is 2.33. The number of carboxylic acids is 1. The molecule has 0 aliphatic heterocycles. The van der Waals surface area contributed by atoms with Gasteiger partial charge in [0.1, 0.15) is 5.75 Å². The van der Waals surface area contributed by atoms with E-state index in [2.05, 4.69) is 5.16 Å². The predicted octanol–water partition coefficient (Wildman–Crippen LogP) is 2.23. The van der Waals surface area contributed by atoms with Gasteiger partial charge in [-0.1, -0.05) is 11.2 Å². The number of hydrogen-bond acceptors (Lipinski definition) is 4. The Bertz CT molecular complexity index is 630. The highest BCUT2D eigenvalue weighted by Crippen LogP contribution is 2.38. The highest BCUT2D eigenvalue weighted by Gasteiger charge is 2.22. The number of phenolic OH excluding ortho intramolecular Hbond substituents is 1. The predicted molar refractivity (Wildman–Crippen MR) is 62.6 cm³/mol. The van der Waals surface area contributed by atoms with Crippen LogP contribution in [-0.4, -0.2) is 21.3 Å². The number of benzene rings is 1. The molecule has 3 rings (SSSR count). The zero-order valence-corrected chi connectivity index (χ0v) is 9.51. The molecule has 0 saturated carbocycles. The van der Waals surface area contributed by atoms with Gasteiger partial charge in [0.25, 0.3) is 0 Å². The van der Waals surface area contributed by atoms with Crippen molar-refractivity contribution in [3.05, 3.63) is 35.0 Å². The molecular weight excluding hydrogens is 234 g/mol. The molecule has 1 aromatic heterocycles. The average Bonchev–Trinajstić information content (AvgIpc) is 2.95. The fourth-order valence-electron chi connectivity index (χ4n) is 2.42. The van der Waals surface area contributed by atoms with E-state index >= 15 is 0 Å². The van der Waals surface area contributed by atoms with Crippen LogP contribution in [0.4, 0.5) is 0 Å². The molecule has 18 heavy (non-hydrogen) atoms. The summed E-state index contributed by atoms with van der Waals surface area (Å²) in [5.41, 5.74) is 2.63. The molecule has 1 aliphatic carbocycles. The zero-order chi connectivity index (χ0) is 12.7. The average molecular weight is 245 g/mol. The van der Waals surface area contributed by atoms with E-state index in [1.54, 1.807) is 6.07 Å². The molecule has 0 radical (unpaired) electrons. The first-order valence-electron chi connectivity index (χ1n) is 5.71. The van der Waals surface area contributed by atoms with Crippen molar-refractivity contribution in [3.8, 4) is 17.1 Å². The van der Waals surface area contributed by atoms with Crippen LogP contribution in [0.5, 0.6) is 5.75 Å². The van der Waals surface area contributed by atoms with E-state index in [1.807, 2.05) is 6.07 Å². The molecule has 0 bridgehead atoms. The van der Waals surface area contributed by atoms with E-state index in [4.69, 9.17) is 9.63 Å². The molecule has 5 heteroatoms. The van der Waals surface area contributed by atoms with Crippen molar-refractivity contribution in [2.45, 2.75) is 19.3 Å². The molecule has 1 aromatic carbocycles. The van der Waals surface area contributed by atoms with Gasteiger partial charge in [0.05, 0.1) is 5.56 Å². The maximum atomic E-state index is 10.8. The number of fused-ring (bicyclic) bond motifs is 1. The lowest BCUT2D eigenvalue weighted by Crippen LogP contribution is -1.94. The Morgan fingerprint density at radius 1 is 1.33 bits per heavy atom. The summed E-state index contributed by atoms with van der Waals surface area (Å²) in [5, 5.41) is 22.2. The lowest BCUT2D eigenvalue weighted by atomic mass is 10.00. The quantitative estimate of drug-likeness (QED) is 0.847. The minimum atomic E-state index is -1.14. The van der Waals surface area contributed by atoms with Crippen LogP contribution in [0, 0.1) is 0 Å². The number of carbonyl (C=O) groups is 1. The first-order valence-corrected chi connectivity index (χ1v) is 5.71. The van der Waals surface area contributed by atoms with Crippen molar-refractivity contribution in [2.75, 3.05) is 0 Å². The molecule has 0 amide bonds. The summed E-state index contributed by atoms with van der Waals surface area (Å²) in [4.78, 5) is 10.8. The van der Waals surface area contributed by atoms with Crippen LogP contribution in [0.25, 0.3) is 11.3 Å². The molecule has 0 atom stereocenters. The summed E-state index contributed by atoms with van der Waals surface area (Å²) < 4.78 is 5.03. The normalized spacial score (nSPS) is 13.6. The first-order chi connectivity index (χ1) is 8.66. The Morgan fingerprint density at radius 3 is 2.89 bits per heavy atom. The molecule has 5 nitrogen and oxygen atoms in total. The fraction of sp³-hybridized carbons (Fsp3) is 0.231. The fourth-order valence-corrected chi connectivity index (χ4v) is 2.42. The Labute approximate surface area is 103 Å². The van der Waals surface area contributed by atoms with Gasteiger partial charge in [-0.05, 0) is 36.5 Å². The van der Waals surface area contributed by atoms with Crippen LogP contribution in [0.1, 0.15) is 28.0 Å². The smallest absolute Gasteiger partial charge is 0.358 e. The summed E-state index contributed by atoms with van der Waals surface area (Å²) in [6.07, 6.45) is 2.87. The Hall–Kier alpha value is -2.30. The Morgan fingerprint density at radius 2 is 2.17 bits per heavy atom. The molecule has 0 unspecified atom stereocenters. The lowest BCUT2D eigenvalue weighted by Gasteiger charge is -2.07. The number of hydrogen-bond donors (Lipinski definition) is 2. The minimum absolute atomic E-state index is 0.101. The zero-order valence-electron chi connectivity index (χ0n) is 9.51. The van der Waals surface area contributed by atoms with Crippen molar-refractivity contribution in [1.82, 2.24) is 5.16 Å². The topological polar surface area (TPSA) is 83.6 Å². The molecule has 0 fully saturated rings. The molecule has 2 N–H and O–H groups in total. The minimum Gasteiger partial charge on any atom is -0.507 e. The van der Waals surface area contributed by atoms with Gasteiger partial charge in [-0.2, -0.15) is 0 Å². The van der Waals surface area contributed by atoms with Gasteiger partial charge in [0, 0.05) is 6.07 Å². The summed E-state index contributed by atoms with van der Waals surface area (Å²) in [7, 11) is 0. The van der Waals surface area contributed by atoms with Gasteiger partial charge in [0.15, 0.2) is 11.5 Å². The number of aryl methyl sites for hydroxylation is 1. The van der Waals surface area contributed by atoms with Gasteiger partial charge in [0.2, 0.25) is 0 Å². The third-order valence-corrected chi connectivity index (χ3v) is 3.24. The number of rotatable bonds is 2. The van der Waals surface area contributed by atoms with Gasteiger partial charge < -0.3 is 14.7 Å². The SMILES string of the molecule is O=C(O)c1cc(-c2c(O)ccc3c2CCC3)on1. The molecule has 1 aliphatic rings. The van der Waals surface area contributed by atoms with Crippen LogP contribution in [0.2, 0.25) is 0 Å². The second-order valence-electron chi connectivity index (χ2n) is 4.33. The van der Waals surface area contributed by atoms with E-state index < -0.39 is 5.97 Å². The Balaban J connectivity index is 2.16. The maximum absolute atomic E-state index is 10.8. The number of carboxylic acid groups (broad SMARTS) is 1. The molecule has 92 valence electrons. The lowest BCUT2D eigenvalue weighted by molar-refractivity contribution is 0.0686. The third-order valence-electron chi connectivity index (χ3n) is 3.24.